The summed E-state index contributed by atoms with van der Waals surface area (Å²) in [4.78, 5) is 23.2. The number of aliphatic carboxylic acids is 1. The minimum absolute atomic E-state index is 0.237. The van der Waals surface area contributed by atoms with Crippen LogP contribution in [0.4, 0.5) is 0 Å². The van der Waals surface area contributed by atoms with Crippen molar-refractivity contribution in [2.45, 2.75) is 46.1 Å². The third kappa shape index (κ3) is 6.17. The number of hydrogen-bond donors (Lipinski definition) is 2. The maximum absolute atomic E-state index is 12.2. The molecule has 8 nitrogen and oxygen atoms in total. The number of nitrogens with zero attached hydrogens (tertiary/aromatic N) is 4. The molecule has 4 aromatic rings. The van der Waals surface area contributed by atoms with E-state index in [0.717, 1.165) is 48.3 Å². The second-order valence-electron chi connectivity index (χ2n) is 11.0. The molecule has 2 N–H and O–H groups in total. The summed E-state index contributed by atoms with van der Waals surface area (Å²) >= 11 is 0. The number of carbonyl (C=O) groups is 1. The molecule has 5 rings (SSSR count). The van der Waals surface area contributed by atoms with Crippen molar-refractivity contribution in [3.63, 3.8) is 0 Å². The summed E-state index contributed by atoms with van der Waals surface area (Å²) in [7, 11) is 0. The molecule has 8 heteroatoms. The zero-order valence-corrected chi connectivity index (χ0v) is 22.4. The van der Waals surface area contributed by atoms with Crippen LogP contribution >= 0.6 is 0 Å². The number of aromatic nitrogens is 3. The second-order valence-corrected chi connectivity index (χ2v) is 11.0. The number of benzene rings is 2. The number of carboxylic acids is 1. The fourth-order valence-electron chi connectivity index (χ4n) is 5.28. The zero-order valence-electron chi connectivity index (χ0n) is 22.4. The summed E-state index contributed by atoms with van der Waals surface area (Å²) in [5, 5.41) is 24.5. The molecule has 1 aliphatic heterocycles. The van der Waals surface area contributed by atoms with Crippen molar-refractivity contribution in [3.8, 4) is 28.6 Å². The van der Waals surface area contributed by atoms with E-state index in [9.17, 15) is 15.0 Å². The first-order valence-electron chi connectivity index (χ1n) is 13.4. The van der Waals surface area contributed by atoms with Gasteiger partial charge in [0.05, 0.1) is 5.41 Å². The van der Waals surface area contributed by atoms with Crippen molar-refractivity contribution in [1.29, 1.82) is 0 Å². The van der Waals surface area contributed by atoms with Gasteiger partial charge in [0.15, 0.2) is 0 Å². The number of likely N-dealkylation sites (tertiary alicyclic amines) is 1. The van der Waals surface area contributed by atoms with Gasteiger partial charge in [0, 0.05) is 30.1 Å². The smallest absolute Gasteiger partial charge is 0.310 e. The van der Waals surface area contributed by atoms with Gasteiger partial charge in [-0.05, 0) is 79.6 Å². The maximum Gasteiger partial charge on any atom is 0.310 e. The summed E-state index contributed by atoms with van der Waals surface area (Å²) in [6.45, 7) is 6.44. The predicted octanol–water partition coefficient (Wildman–Crippen LogP) is 5.61. The van der Waals surface area contributed by atoms with Gasteiger partial charge in [0.2, 0.25) is 5.82 Å². The van der Waals surface area contributed by atoms with Crippen LogP contribution in [0.3, 0.4) is 0 Å². The van der Waals surface area contributed by atoms with Crippen molar-refractivity contribution in [2.75, 3.05) is 13.1 Å². The standard InChI is InChI=1S/C31H34N4O4/c1-21(2)16-25-9-10-26(17-27(25)36)29-33-28(34-39-29)24-7-5-22(6-8-24)20-35-14-11-31(12-15-35,30(37)38)18-23-4-3-13-32-19-23/h3-10,13,17,19,21,36H,11-12,14-16,18,20H2,1-2H3,(H,37,38). The Kier molecular flexibility index (Phi) is 7.74. The van der Waals surface area contributed by atoms with E-state index in [1.807, 2.05) is 48.5 Å². The molecule has 0 saturated carbocycles. The third-order valence-electron chi connectivity index (χ3n) is 7.54. The molecule has 202 valence electrons. The highest BCUT2D eigenvalue weighted by molar-refractivity contribution is 5.75. The highest BCUT2D eigenvalue weighted by Gasteiger charge is 2.41. The Balaban J connectivity index is 1.20. The summed E-state index contributed by atoms with van der Waals surface area (Å²) in [6.07, 6.45) is 5.99. The van der Waals surface area contributed by atoms with Gasteiger partial charge in [-0.1, -0.05) is 55.4 Å². The number of rotatable bonds is 9. The number of phenols is 1. The van der Waals surface area contributed by atoms with E-state index in [2.05, 4.69) is 33.9 Å². The quantitative estimate of drug-likeness (QED) is 0.289. The van der Waals surface area contributed by atoms with Crippen LogP contribution in [0.15, 0.2) is 71.5 Å². The van der Waals surface area contributed by atoms with E-state index in [1.165, 1.54) is 0 Å². The van der Waals surface area contributed by atoms with E-state index in [4.69, 9.17) is 4.52 Å². The lowest BCUT2D eigenvalue weighted by Crippen LogP contribution is -2.45. The molecular formula is C31H34N4O4. The summed E-state index contributed by atoms with van der Waals surface area (Å²) in [5.74, 6) is 0.812. The van der Waals surface area contributed by atoms with Crippen LogP contribution in [0.25, 0.3) is 22.8 Å². The van der Waals surface area contributed by atoms with Crippen molar-refractivity contribution >= 4 is 5.97 Å². The number of pyridine rings is 1. The van der Waals surface area contributed by atoms with Gasteiger partial charge >= 0.3 is 5.97 Å². The fourth-order valence-corrected chi connectivity index (χ4v) is 5.28. The number of phenolic OH excluding ortho intramolecular Hbond substituents is 1. The monoisotopic (exact) mass is 526 g/mol. The van der Waals surface area contributed by atoms with Crippen LogP contribution in [0.1, 0.15) is 43.4 Å². The van der Waals surface area contributed by atoms with Crippen molar-refractivity contribution in [3.05, 3.63) is 83.7 Å². The molecule has 1 aliphatic rings. The average molecular weight is 527 g/mol. The molecule has 1 saturated heterocycles. The predicted molar refractivity (Wildman–Crippen MR) is 148 cm³/mol. The zero-order chi connectivity index (χ0) is 27.4. The van der Waals surface area contributed by atoms with Gasteiger partial charge in [-0.15, -0.1) is 0 Å². The van der Waals surface area contributed by atoms with E-state index < -0.39 is 11.4 Å². The van der Waals surface area contributed by atoms with Crippen LogP contribution < -0.4 is 0 Å². The topological polar surface area (TPSA) is 113 Å². The summed E-state index contributed by atoms with van der Waals surface area (Å²) in [5.41, 5.74) is 3.79. The molecule has 0 radical (unpaired) electrons. The van der Waals surface area contributed by atoms with Crippen LogP contribution in [-0.2, 0) is 24.2 Å². The number of aromatic hydroxyl groups is 1. The van der Waals surface area contributed by atoms with Gasteiger partial charge < -0.3 is 14.7 Å². The number of carboxylic acid groups (broad SMARTS) is 1. The van der Waals surface area contributed by atoms with Gasteiger partial charge in [-0.2, -0.15) is 4.98 Å². The average Bonchev–Trinajstić information content (AvgIpc) is 3.42. The first-order valence-corrected chi connectivity index (χ1v) is 13.4. The lowest BCUT2D eigenvalue weighted by molar-refractivity contribution is -0.152. The van der Waals surface area contributed by atoms with Gasteiger partial charge in [0.1, 0.15) is 5.75 Å². The number of piperidine rings is 1. The lowest BCUT2D eigenvalue weighted by atomic mass is 9.74. The number of hydrogen-bond acceptors (Lipinski definition) is 7. The Bertz CT molecular complexity index is 1410. The Morgan fingerprint density at radius 2 is 1.79 bits per heavy atom. The molecular weight excluding hydrogens is 492 g/mol. The Morgan fingerprint density at radius 3 is 2.44 bits per heavy atom. The molecule has 2 aromatic carbocycles. The minimum Gasteiger partial charge on any atom is -0.508 e. The van der Waals surface area contributed by atoms with Gasteiger partial charge in [-0.3, -0.25) is 14.7 Å². The minimum atomic E-state index is -0.745. The Hall–Kier alpha value is -4.04. The van der Waals surface area contributed by atoms with Crippen LogP contribution in [-0.4, -0.2) is 49.3 Å². The first-order chi connectivity index (χ1) is 18.8. The largest absolute Gasteiger partial charge is 0.508 e. The molecule has 0 bridgehead atoms. The first kappa shape index (κ1) is 26.6. The van der Waals surface area contributed by atoms with E-state index in [0.29, 0.717) is 42.5 Å². The molecule has 3 heterocycles. The highest BCUT2D eigenvalue weighted by atomic mass is 16.5. The molecule has 2 aromatic heterocycles. The van der Waals surface area contributed by atoms with Crippen molar-refractivity contribution < 1.29 is 19.5 Å². The van der Waals surface area contributed by atoms with Crippen LogP contribution in [0.5, 0.6) is 5.75 Å². The molecule has 1 fully saturated rings. The highest BCUT2D eigenvalue weighted by Crippen LogP contribution is 2.36. The lowest BCUT2D eigenvalue weighted by Gasteiger charge is -2.39. The second kappa shape index (κ2) is 11.4. The molecule has 0 aliphatic carbocycles. The van der Waals surface area contributed by atoms with Gasteiger partial charge in [0.25, 0.3) is 5.89 Å². The molecule has 0 unspecified atom stereocenters. The van der Waals surface area contributed by atoms with E-state index >= 15 is 0 Å². The molecule has 39 heavy (non-hydrogen) atoms. The fraction of sp³-hybridized carbons (Fsp3) is 0.355. The SMILES string of the molecule is CC(C)Cc1ccc(-c2nc(-c3ccc(CN4CCC(Cc5cccnc5)(C(=O)O)CC4)cc3)no2)cc1O. The Morgan fingerprint density at radius 1 is 1.05 bits per heavy atom. The molecule has 0 atom stereocenters. The Labute approximate surface area is 228 Å². The van der Waals surface area contributed by atoms with Crippen molar-refractivity contribution in [1.82, 2.24) is 20.0 Å². The maximum atomic E-state index is 12.2. The van der Waals surface area contributed by atoms with E-state index in [-0.39, 0.29) is 5.75 Å². The van der Waals surface area contributed by atoms with Crippen LogP contribution in [0.2, 0.25) is 0 Å². The molecule has 0 spiro atoms. The third-order valence-corrected chi connectivity index (χ3v) is 7.54. The normalized spacial score (nSPS) is 15.5. The van der Waals surface area contributed by atoms with Gasteiger partial charge in [-0.25, -0.2) is 0 Å². The van der Waals surface area contributed by atoms with Crippen LogP contribution in [0, 0.1) is 11.3 Å². The molecule has 0 amide bonds. The summed E-state index contributed by atoms with van der Waals surface area (Å²) in [6, 6.07) is 17.3. The summed E-state index contributed by atoms with van der Waals surface area (Å²) < 4.78 is 5.48. The van der Waals surface area contributed by atoms with E-state index in [1.54, 1.807) is 18.5 Å². The van der Waals surface area contributed by atoms with Crippen molar-refractivity contribution in [2.24, 2.45) is 11.3 Å².